The van der Waals surface area contributed by atoms with Gasteiger partial charge in [-0.3, -0.25) is 14.5 Å². The van der Waals surface area contributed by atoms with E-state index in [1.165, 1.54) is 19.3 Å². The maximum absolute atomic E-state index is 13.6. The van der Waals surface area contributed by atoms with Gasteiger partial charge in [0, 0.05) is 37.8 Å². The van der Waals surface area contributed by atoms with Crippen molar-refractivity contribution in [3.8, 4) is 11.5 Å². The minimum atomic E-state index is -0.0299. The first-order valence-electron chi connectivity index (χ1n) is 14.0. The summed E-state index contributed by atoms with van der Waals surface area (Å²) in [6.45, 7) is 8.72. The summed E-state index contributed by atoms with van der Waals surface area (Å²) in [5.41, 5.74) is 0.952. The number of rotatable bonds is 6. The van der Waals surface area contributed by atoms with E-state index in [1.807, 2.05) is 30.0 Å². The number of amides is 2. The number of nitrogens with zero attached hydrogens (tertiary/aromatic N) is 3. The molecule has 0 bridgehead atoms. The highest BCUT2D eigenvalue weighted by Gasteiger charge is 2.30. The molecule has 1 atom stereocenters. The maximum Gasteiger partial charge on any atom is 0.237 e. The first-order chi connectivity index (χ1) is 17.6. The Bertz CT molecular complexity index is 858. The predicted molar refractivity (Wildman–Crippen MR) is 140 cm³/mol. The van der Waals surface area contributed by atoms with Gasteiger partial charge < -0.3 is 24.6 Å². The molecule has 0 aliphatic carbocycles. The second-order valence-corrected chi connectivity index (χ2v) is 10.3. The average molecular weight is 501 g/mol. The molecule has 2 saturated heterocycles. The van der Waals surface area contributed by atoms with Crippen LogP contribution in [0.15, 0.2) is 18.2 Å². The topological polar surface area (TPSA) is 74.3 Å². The summed E-state index contributed by atoms with van der Waals surface area (Å²) >= 11 is 0. The van der Waals surface area contributed by atoms with Crippen molar-refractivity contribution in [2.45, 2.75) is 70.9 Å². The van der Waals surface area contributed by atoms with E-state index in [4.69, 9.17) is 9.47 Å². The number of hydrogen-bond acceptors (Lipinski definition) is 6. The molecule has 1 unspecified atom stereocenters. The lowest BCUT2D eigenvalue weighted by Gasteiger charge is -2.39. The smallest absolute Gasteiger partial charge is 0.237 e. The van der Waals surface area contributed by atoms with Gasteiger partial charge in [-0.2, -0.15) is 0 Å². The zero-order valence-electron chi connectivity index (χ0n) is 22.0. The van der Waals surface area contributed by atoms with Gasteiger partial charge in [-0.15, -0.1) is 0 Å². The Hall–Kier alpha value is -2.32. The molecule has 3 aliphatic rings. The standard InChI is InChI=1S/C28H44N4O4/c1-2-35-25-13-10-11-23-19-31(21-26(33)29-14-5-3-9-18-36-28(23)25)22-27(34)32-17-6-4-12-24(32)20-30-15-7-8-16-30/h10-11,13,24H,2-9,12,14-22H2,1H3,(H,29,33). The Balaban J connectivity index is 1.51. The molecule has 2 amide bonds. The molecule has 0 spiro atoms. The van der Waals surface area contributed by atoms with Gasteiger partial charge in [0.25, 0.3) is 0 Å². The lowest BCUT2D eigenvalue weighted by atomic mass is 10.0. The highest BCUT2D eigenvalue weighted by Crippen LogP contribution is 2.33. The van der Waals surface area contributed by atoms with Crippen LogP contribution in [0.3, 0.4) is 0 Å². The van der Waals surface area contributed by atoms with E-state index in [0.29, 0.717) is 26.3 Å². The van der Waals surface area contributed by atoms with Crippen molar-refractivity contribution >= 4 is 11.8 Å². The van der Waals surface area contributed by atoms with Crippen LogP contribution in [0.4, 0.5) is 0 Å². The molecule has 8 heteroatoms. The van der Waals surface area contributed by atoms with E-state index in [-0.39, 0.29) is 30.9 Å². The Morgan fingerprint density at radius 2 is 1.86 bits per heavy atom. The number of piperidine rings is 1. The highest BCUT2D eigenvalue weighted by atomic mass is 16.5. The third kappa shape index (κ3) is 7.59. The van der Waals surface area contributed by atoms with Crippen LogP contribution in [-0.2, 0) is 16.1 Å². The molecule has 4 rings (SSSR count). The molecule has 0 saturated carbocycles. The van der Waals surface area contributed by atoms with Crippen LogP contribution in [0.25, 0.3) is 0 Å². The van der Waals surface area contributed by atoms with Crippen molar-refractivity contribution in [3.05, 3.63) is 23.8 Å². The van der Waals surface area contributed by atoms with Crippen molar-refractivity contribution in [3.63, 3.8) is 0 Å². The predicted octanol–water partition coefficient (Wildman–Crippen LogP) is 3.04. The summed E-state index contributed by atoms with van der Waals surface area (Å²) in [6, 6.07) is 6.18. The van der Waals surface area contributed by atoms with Gasteiger partial charge >= 0.3 is 0 Å². The molecule has 1 aromatic rings. The molecule has 200 valence electrons. The normalized spacial score (nSPS) is 23.0. The minimum absolute atomic E-state index is 0.0299. The molecular weight excluding hydrogens is 456 g/mol. The van der Waals surface area contributed by atoms with Crippen LogP contribution in [-0.4, -0.2) is 91.6 Å². The summed E-state index contributed by atoms with van der Waals surface area (Å²) < 4.78 is 12.1. The van der Waals surface area contributed by atoms with Gasteiger partial charge in [-0.1, -0.05) is 12.1 Å². The lowest BCUT2D eigenvalue weighted by Crippen LogP contribution is -2.52. The van der Waals surface area contributed by atoms with Gasteiger partial charge in [-0.25, -0.2) is 0 Å². The highest BCUT2D eigenvalue weighted by molar-refractivity contribution is 5.81. The number of carbonyl (C=O) groups is 2. The molecule has 1 N–H and O–H groups in total. The third-order valence-corrected chi connectivity index (χ3v) is 7.49. The largest absolute Gasteiger partial charge is 0.490 e. The number of carbonyl (C=O) groups excluding carboxylic acids is 2. The second-order valence-electron chi connectivity index (χ2n) is 10.3. The molecular formula is C28H44N4O4. The lowest BCUT2D eigenvalue weighted by molar-refractivity contribution is -0.137. The molecule has 2 fully saturated rings. The first-order valence-corrected chi connectivity index (χ1v) is 14.0. The van der Waals surface area contributed by atoms with E-state index in [0.717, 1.165) is 75.3 Å². The van der Waals surface area contributed by atoms with Crippen LogP contribution < -0.4 is 14.8 Å². The summed E-state index contributed by atoms with van der Waals surface area (Å²) in [4.78, 5) is 33.0. The Morgan fingerprint density at radius 1 is 1.03 bits per heavy atom. The van der Waals surface area contributed by atoms with Gasteiger partial charge in [0.15, 0.2) is 11.5 Å². The minimum Gasteiger partial charge on any atom is -0.490 e. The zero-order chi connectivity index (χ0) is 25.2. The number of fused-ring (bicyclic) bond motifs is 1. The molecule has 36 heavy (non-hydrogen) atoms. The Labute approximate surface area is 216 Å². The SMILES string of the molecule is CCOc1cccc2c1OCCCCCNC(=O)CN(CC(=O)N1CCCCC1CN1CCCC1)C2. The first kappa shape index (κ1) is 26.7. The fourth-order valence-corrected chi connectivity index (χ4v) is 5.66. The molecule has 1 aromatic carbocycles. The van der Waals surface area contributed by atoms with E-state index in [2.05, 4.69) is 15.1 Å². The Kier molecular flexibility index (Phi) is 10.3. The van der Waals surface area contributed by atoms with Crippen molar-refractivity contribution in [1.29, 1.82) is 0 Å². The molecule has 0 aromatic heterocycles. The summed E-state index contributed by atoms with van der Waals surface area (Å²) in [5, 5.41) is 3.04. The summed E-state index contributed by atoms with van der Waals surface area (Å²) in [6.07, 6.45) is 8.64. The fraction of sp³-hybridized carbons (Fsp3) is 0.714. The number of ether oxygens (including phenoxy) is 2. The number of para-hydroxylation sites is 1. The quantitative estimate of drug-likeness (QED) is 0.647. The van der Waals surface area contributed by atoms with E-state index >= 15 is 0 Å². The van der Waals surface area contributed by atoms with Crippen LogP contribution in [0.2, 0.25) is 0 Å². The van der Waals surface area contributed by atoms with Gasteiger partial charge in [0.1, 0.15) is 0 Å². The van der Waals surface area contributed by atoms with Crippen LogP contribution in [0, 0.1) is 0 Å². The van der Waals surface area contributed by atoms with Gasteiger partial charge in [0.2, 0.25) is 11.8 Å². The number of nitrogens with one attached hydrogen (secondary N) is 1. The molecule has 3 aliphatic heterocycles. The molecule has 0 radical (unpaired) electrons. The molecule has 3 heterocycles. The fourth-order valence-electron chi connectivity index (χ4n) is 5.66. The van der Waals surface area contributed by atoms with Gasteiger partial charge in [-0.05, 0) is 77.4 Å². The number of hydrogen-bond donors (Lipinski definition) is 1. The van der Waals surface area contributed by atoms with Crippen LogP contribution in [0.5, 0.6) is 11.5 Å². The molecule has 8 nitrogen and oxygen atoms in total. The maximum atomic E-state index is 13.6. The average Bonchev–Trinajstić information content (AvgIpc) is 3.38. The van der Waals surface area contributed by atoms with E-state index in [1.54, 1.807) is 0 Å². The van der Waals surface area contributed by atoms with Crippen molar-refractivity contribution in [2.24, 2.45) is 0 Å². The van der Waals surface area contributed by atoms with E-state index in [9.17, 15) is 9.59 Å². The van der Waals surface area contributed by atoms with Crippen LogP contribution in [0.1, 0.15) is 63.9 Å². The van der Waals surface area contributed by atoms with Gasteiger partial charge in [0.05, 0.1) is 26.3 Å². The van der Waals surface area contributed by atoms with E-state index < -0.39 is 0 Å². The number of likely N-dealkylation sites (tertiary alicyclic amines) is 2. The van der Waals surface area contributed by atoms with Crippen molar-refractivity contribution < 1.29 is 19.1 Å². The summed E-state index contributed by atoms with van der Waals surface area (Å²) in [7, 11) is 0. The second kappa shape index (κ2) is 13.8. The summed E-state index contributed by atoms with van der Waals surface area (Å²) in [5.74, 6) is 1.56. The monoisotopic (exact) mass is 500 g/mol. The zero-order valence-corrected chi connectivity index (χ0v) is 22.0. The third-order valence-electron chi connectivity index (χ3n) is 7.49. The Morgan fingerprint density at radius 3 is 2.69 bits per heavy atom. The number of benzene rings is 1. The van der Waals surface area contributed by atoms with Crippen LogP contribution >= 0.6 is 0 Å². The van der Waals surface area contributed by atoms with Crippen molar-refractivity contribution in [2.75, 3.05) is 59.0 Å². The van der Waals surface area contributed by atoms with Crippen molar-refractivity contribution in [1.82, 2.24) is 20.0 Å².